The van der Waals surface area contributed by atoms with Crippen LogP contribution in [-0.4, -0.2) is 64.0 Å². The fourth-order valence-electron chi connectivity index (χ4n) is 4.31. The average molecular weight is 477 g/mol. The van der Waals surface area contributed by atoms with Gasteiger partial charge < -0.3 is 24.5 Å². The Morgan fingerprint density at radius 1 is 1.18 bits per heavy atom. The fourth-order valence-corrected chi connectivity index (χ4v) is 5.54. The smallest absolute Gasteiger partial charge is 0.306 e. The number of Topliss-reactive ketones (excluding diaryl/α,β-unsaturated/α-hetero) is 1. The Morgan fingerprint density at radius 2 is 1.85 bits per heavy atom. The summed E-state index contributed by atoms with van der Waals surface area (Å²) < 4.78 is 22.3. The van der Waals surface area contributed by atoms with E-state index in [4.69, 9.17) is 18.9 Å². The molecule has 0 spiro atoms. The van der Waals surface area contributed by atoms with Gasteiger partial charge in [0.2, 0.25) is 5.78 Å². The van der Waals surface area contributed by atoms with Crippen molar-refractivity contribution < 1.29 is 33.3 Å². The highest BCUT2D eigenvalue weighted by atomic mass is 28.3. The van der Waals surface area contributed by atoms with Crippen molar-refractivity contribution in [3.05, 3.63) is 34.9 Å². The van der Waals surface area contributed by atoms with Crippen LogP contribution in [-0.2, 0) is 29.4 Å². The third-order valence-corrected chi connectivity index (χ3v) is 7.91. The van der Waals surface area contributed by atoms with E-state index in [0.717, 1.165) is 11.1 Å². The second-order valence-corrected chi connectivity index (χ2v) is 14.3. The van der Waals surface area contributed by atoms with Crippen LogP contribution in [0.5, 0.6) is 5.75 Å². The van der Waals surface area contributed by atoms with Gasteiger partial charge >= 0.3 is 5.97 Å². The standard InChI is InChI=1S/C24H36N2O6Si/c1-7-32-22(28)15-17(14-20(27)23(26-25)33(4,5)6)19-16-18(8-9-21(19)29-2)24(30-3)10-12-31-13-11-24/h8-9,16-17H,7,10-15H2,1-6H3. The first kappa shape index (κ1) is 26.9. The molecule has 8 nitrogen and oxygen atoms in total. The predicted molar refractivity (Wildman–Crippen MR) is 127 cm³/mol. The van der Waals surface area contributed by atoms with Crippen molar-refractivity contribution in [2.45, 2.75) is 63.8 Å². The zero-order chi connectivity index (χ0) is 24.6. The van der Waals surface area contributed by atoms with Crippen LogP contribution < -0.4 is 4.74 Å². The lowest BCUT2D eigenvalue weighted by atomic mass is 9.82. The molecule has 0 amide bonds. The highest BCUT2D eigenvalue weighted by Gasteiger charge is 2.39. The number of esters is 1. The second kappa shape index (κ2) is 11.7. The van der Waals surface area contributed by atoms with Crippen molar-refractivity contribution in [2.75, 3.05) is 34.0 Å². The second-order valence-electron chi connectivity index (χ2n) is 9.30. The molecule has 0 N–H and O–H groups in total. The van der Waals surface area contributed by atoms with Crippen molar-refractivity contribution in [1.29, 1.82) is 0 Å². The molecule has 182 valence electrons. The van der Waals surface area contributed by atoms with Crippen LogP contribution >= 0.6 is 0 Å². The Hall–Kier alpha value is -2.32. The van der Waals surface area contributed by atoms with Crippen LogP contribution in [0.2, 0.25) is 19.6 Å². The molecule has 1 aliphatic rings. The summed E-state index contributed by atoms with van der Waals surface area (Å²) in [6.07, 6.45) is 1.42. The van der Waals surface area contributed by atoms with Gasteiger partial charge in [-0.3, -0.25) is 9.59 Å². The summed E-state index contributed by atoms with van der Waals surface area (Å²) in [5, 5.41) is 0.198. The summed E-state index contributed by atoms with van der Waals surface area (Å²) in [6.45, 7) is 8.99. The van der Waals surface area contributed by atoms with Crippen molar-refractivity contribution in [1.82, 2.24) is 0 Å². The van der Waals surface area contributed by atoms with E-state index < -0.39 is 25.6 Å². The molecule has 33 heavy (non-hydrogen) atoms. The lowest BCUT2D eigenvalue weighted by Gasteiger charge is -2.37. The van der Waals surface area contributed by atoms with E-state index in [9.17, 15) is 15.1 Å². The molecule has 1 aromatic rings. The summed E-state index contributed by atoms with van der Waals surface area (Å²) >= 11 is 0. The Kier molecular flexibility index (Phi) is 9.54. The molecular weight excluding hydrogens is 440 g/mol. The van der Waals surface area contributed by atoms with Crippen LogP contribution in [0.4, 0.5) is 0 Å². The van der Waals surface area contributed by atoms with Gasteiger partial charge in [0.05, 0.1) is 25.7 Å². The van der Waals surface area contributed by atoms with E-state index in [-0.39, 0.29) is 30.6 Å². The first-order valence-corrected chi connectivity index (χ1v) is 14.8. The molecule has 1 aliphatic heterocycles. The number of methoxy groups -OCH3 is 2. The molecule has 1 unspecified atom stereocenters. The predicted octanol–water partition coefficient (Wildman–Crippen LogP) is 3.89. The van der Waals surface area contributed by atoms with Crippen LogP contribution in [0.1, 0.15) is 49.7 Å². The number of benzene rings is 1. The summed E-state index contributed by atoms with van der Waals surface area (Å²) in [6, 6.07) is 5.78. The molecule has 1 fully saturated rings. The highest BCUT2D eigenvalue weighted by molar-refractivity contribution is 7.11. The summed E-state index contributed by atoms with van der Waals surface area (Å²) in [7, 11) is 1.07. The van der Waals surface area contributed by atoms with E-state index >= 15 is 0 Å². The van der Waals surface area contributed by atoms with Crippen LogP contribution in [0.3, 0.4) is 0 Å². The molecule has 0 radical (unpaired) electrons. The van der Waals surface area contributed by atoms with Gasteiger partial charge in [-0.2, -0.15) is 4.79 Å². The number of hydrogen-bond acceptors (Lipinski definition) is 6. The van der Waals surface area contributed by atoms with Crippen LogP contribution in [0.25, 0.3) is 5.53 Å². The number of rotatable bonds is 11. The van der Waals surface area contributed by atoms with Crippen LogP contribution in [0, 0.1) is 0 Å². The molecule has 1 heterocycles. The quantitative estimate of drug-likeness (QED) is 0.158. The van der Waals surface area contributed by atoms with Crippen molar-refractivity contribution >= 4 is 25.2 Å². The van der Waals surface area contributed by atoms with Gasteiger partial charge in [-0.25, -0.2) is 0 Å². The molecule has 0 bridgehead atoms. The number of hydrogen-bond donors (Lipinski definition) is 0. The monoisotopic (exact) mass is 476 g/mol. The summed E-state index contributed by atoms with van der Waals surface area (Å²) in [5.74, 6) is -0.598. The fraction of sp³-hybridized carbons (Fsp3) is 0.625. The molecule has 1 aromatic carbocycles. The number of ketones is 1. The molecule has 9 heteroatoms. The van der Waals surface area contributed by atoms with E-state index in [2.05, 4.69) is 4.79 Å². The minimum atomic E-state index is -2.18. The van der Waals surface area contributed by atoms with Gasteiger partial charge in [-0.15, -0.1) is 0 Å². The van der Waals surface area contributed by atoms with E-state index in [0.29, 0.717) is 31.8 Å². The molecule has 0 aliphatic carbocycles. The first-order valence-electron chi connectivity index (χ1n) is 11.3. The number of nitrogens with zero attached hydrogens (tertiary/aromatic N) is 2. The average Bonchev–Trinajstić information content (AvgIpc) is 2.78. The summed E-state index contributed by atoms with van der Waals surface area (Å²) in [5.41, 5.74) is 10.7. The molecular formula is C24H36N2O6Si. The zero-order valence-corrected chi connectivity index (χ0v) is 21.6. The largest absolute Gasteiger partial charge is 0.496 e. The van der Waals surface area contributed by atoms with Gasteiger partial charge in [0.1, 0.15) is 5.75 Å². The Labute approximate surface area is 197 Å². The third kappa shape index (κ3) is 6.60. The number of carbonyl (C=O) groups excluding carboxylic acids is 2. The molecule has 2 rings (SSSR count). The minimum Gasteiger partial charge on any atom is -0.496 e. The summed E-state index contributed by atoms with van der Waals surface area (Å²) in [4.78, 5) is 28.9. The Bertz CT molecular complexity index is 899. The first-order chi connectivity index (χ1) is 15.6. The van der Waals surface area contributed by atoms with E-state index in [1.165, 1.54) is 0 Å². The maximum Gasteiger partial charge on any atom is 0.306 e. The lowest BCUT2D eigenvalue weighted by Crippen LogP contribution is -2.41. The molecule has 1 saturated heterocycles. The maximum absolute atomic E-state index is 13.2. The maximum atomic E-state index is 13.2. The Balaban J connectivity index is 2.53. The van der Waals surface area contributed by atoms with Crippen molar-refractivity contribution in [2.24, 2.45) is 0 Å². The minimum absolute atomic E-state index is 0.00534. The van der Waals surface area contributed by atoms with Gasteiger partial charge in [-0.1, -0.05) is 25.7 Å². The van der Waals surface area contributed by atoms with Gasteiger partial charge in [0.25, 0.3) is 5.33 Å². The zero-order valence-electron chi connectivity index (χ0n) is 20.6. The highest BCUT2D eigenvalue weighted by Crippen LogP contribution is 2.40. The van der Waals surface area contributed by atoms with Gasteiger partial charge in [-0.05, 0) is 30.2 Å². The van der Waals surface area contributed by atoms with Gasteiger partial charge in [0, 0.05) is 45.5 Å². The van der Waals surface area contributed by atoms with Gasteiger partial charge in [0.15, 0.2) is 8.07 Å². The van der Waals surface area contributed by atoms with Crippen molar-refractivity contribution in [3.63, 3.8) is 0 Å². The van der Waals surface area contributed by atoms with E-state index in [1.807, 2.05) is 37.8 Å². The van der Waals surface area contributed by atoms with E-state index in [1.54, 1.807) is 21.1 Å². The molecule has 0 saturated carbocycles. The molecule has 0 aromatic heterocycles. The van der Waals surface area contributed by atoms with Crippen LogP contribution in [0.15, 0.2) is 18.2 Å². The Morgan fingerprint density at radius 3 is 2.36 bits per heavy atom. The molecule has 1 atom stereocenters. The number of ether oxygens (including phenoxy) is 4. The third-order valence-electron chi connectivity index (χ3n) is 6.11. The normalized spacial score (nSPS) is 16.4. The van der Waals surface area contributed by atoms with Crippen molar-refractivity contribution in [3.8, 4) is 5.75 Å². The SMILES string of the molecule is CCOC(=O)CC(CC(=O)C(=[N+]=[N-])[Si](C)(C)C)c1cc(C2(OC)CCOCC2)ccc1OC. The lowest BCUT2D eigenvalue weighted by molar-refractivity contribution is -0.143. The number of carbonyl (C=O) groups is 2. The topological polar surface area (TPSA) is 107 Å².